The molecule has 1 unspecified atom stereocenters. The van der Waals surface area contributed by atoms with Crippen molar-refractivity contribution in [3.8, 4) is 11.5 Å². The van der Waals surface area contributed by atoms with Crippen LogP contribution in [0.2, 0.25) is 0 Å². The maximum Gasteiger partial charge on any atom is 0.165 e. The molecule has 4 heteroatoms. The Kier molecular flexibility index (Phi) is 6.90. The summed E-state index contributed by atoms with van der Waals surface area (Å²) in [7, 11) is 3.26. The maximum absolute atomic E-state index is 12.9. The quantitative estimate of drug-likeness (QED) is 0.478. The van der Waals surface area contributed by atoms with Crippen molar-refractivity contribution in [3.05, 3.63) is 89.5 Å². The van der Waals surface area contributed by atoms with E-state index in [1.807, 2.05) is 48.5 Å². The minimum absolute atomic E-state index is 0.0751. The second-order valence-electron chi connectivity index (χ2n) is 6.88. The first-order valence-corrected chi connectivity index (χ1v) is 9.79. The molecule has 0 amide bonds. The lowest BCUT2D eigenvalue weighted by Gasteiger charge is -2.21. The first-order chi connectivity index (χ1) is 14.1. The number of carbonyl (C=O) groups excluding carboxylic acids is 1. The van der Waals surface area contributed by atoms with Gasteiger partial charge in [0, 0.05) is 17.7 Å². The molecule has 4 nitrogen and oxygen atoms in total. The van der Waals surface area contributed by atoms with Gasteiger partial charge in [-0.05, 0) is 66.1 Å². The van der Waals surface area contributed by atoms with Crippen LogP contribution in [-0.2, 0) is 6.42 Å². The van der Waals surface area contributed by atoms with E-state index in [1.165, 1.54) is 5.56 Å². The number of hydrogen-bond donors (Lipinski definition) is 1. The van der Waals surface area contributed by atoms with E-state index < -0.39 is 0 Å². The summed E-state index contributed by atoms with van der Waals surface area (Å²) in [6.07, 6.45) is 1.34. The van der Waals surface area contributed by atoms with Crippen LogP contribution in [0, 0.1) is 0 Å². The summed E-state index contributed by atoms with van der Waals surface area (Å²) in [6.45, 7) is 2.14. The third kappa shape index (κ3) is 5.38. The Hall–Kier alpha value is -3.27. The fraction of sp³-hybridized carbons (Fsp3) is 0.240. The number of rotatable bonds is 9. The van der Waals surface area contributed by atoms with Crippen molar-refractivity contribution in [1.82, 2.24) is 0 Å². The second kappa shape index (κ2) is 9.78. The summed E-state index contributed by atoms with van der Waals surface area (Å²) < 4.78 is 10.4. The molecular weight excluding hydrogens is 362 g/mol. The lowest BCUT2D eigenvalue weighted by atomic mass is 9.97. The largest absolute Gasteiger partial charge is 0.497 e. The first-order valence-electron chi connectivity index (χ1n) is 9.79. The highest BCUT2D eigenvalue weighted by Gasteiger charge is 2.18. The highest BCUT2D eigenvalue weighted by Crippen LogP contribution is 2.27. The van der Waals surface area contributed by atoms with Gasteiger partial charge in [0.1, 0.15) is 11.5 Å². The van der Waals surface area contributed by atoms with Gasteiger partial charge in [-0.25, -0.2) is 0 Å². The molecule has 0 bridgehead atoms. The minimum atomic E-state index is -0.150. The molecule has 0 radical (unpaired) electrons. The monoisotopic (exact) mass is 389 g/mol. The Morgan fingerprint density at radius 1 is 0.828 bits per heavy atom. The second-order valence-corrected chi connectivity index (χ2v) is 6.88. The number of carbonyl (C=O) groups is 1. The van der Waals surface area contributed by atoms with Crippen molar-refractivity contribution < 1.29 is 14.3 Å². The van der Waals surface area contributed by atoms with Gasteiger partial charge in [-0.15, -0.1) is 0 Å². The van der Waals surface area contributed by atoms with E-state index in [4.69, 9.17) is 9.47 Å². The van der Waals surface area contributed by atoms with Gasteiger partial charge in [-0.1, -0.05) is 31.2 Å². The van der Waals surface area contributed by atoms with Crippen molar-refractivity contribution in [2.24, 2.45) is 0 Å². The smallest absolute Gasteiger partial charge is 0.165 e. The number of methoxy groups -OCH3 is 2. The Morgan fingerprint density at radius 3 is 1.90 bits per heavy atom. The molecule has 3 aromatic rings. The zero-order chi connectivity index (χ0) is 20.6. The number of ketones is 1. The molecule has 0 aliphatic carbocycles. The number of benzene rings is 3. The van der Waals surface area contributed by atoms with Crippen LogP contribution < -0.4 is 14.8 Å². The molecule has 3 rings (SSSR count). The molecule has 150 valence electrons. The number of anilines is 1. The standard InChI is InChI=1S/C25H27NO3/c1-4-18-5-11-21(12-6-18)26-24(19-7-13-22(28-2)14-8-19)17-25(27)20-9-15-23(29-3)16-10-20/h5-16,24,26H,4,17H2,1-3H3. The number of hydrogen-bond acceptors (Lipinski definition) is 4. The number of Topliss-reactive ketones (excluding diaryl/α,β-unsaturated/α-hetero) is 1. The maximum atomic E-state index is 12.9. The highest BCUT2D eigenvalue weighted by atomic mass is 16.5. The molecule has 0 heterocycles. The summed E-state index contributed by atoms with van der Waals surface area (Å²) >= 11 is 0. The van der Waals surface area contributed by atoms with Crippen LogP contribution in [0.15, 0.2) is 72.8 Å². The highest BCUT2D eigenvalue weighted by molar-refractivity contribution is 5.96. The molecule has 0 fully saturated rings. The molecule has 3 aromatic carbocycles. The van der Waals surface area contributed by atoms with Crippen LogP contribution in [0.5, 0.6) is 11.5 Å². The van der Waals surface area contributed by atoms with Crippen molar-refractivity contribution in [1.29, 1.82) is 0 Å². The lowest BCUT2D eigenvalue weighted by molar-refractivity contribution is 0.0976. The average molecular weight is 389 g/mol. The molecule has 0 spiro atoms. The van der Waals surface area contributed by atoms with E-state index in [1.54, 1.807) is 14.2 Å². The average Bonchev–Trinajstić information content (AvgIpc) is 2.79. The summed E-state index contributed by atoms with van der Waals surface area (Å²) in [6, 6.07) is 23.3. The van der Waals surface area contributed by atoms with Gasteiger partial charge in [0.2, 0.25) is 0 Å². The number of nitrogens with one attached hydrogen (secondary N) is 1. The van der Waals surface area contributed by atoms with Gasteiger partial charge in [-0.3, -0.25) is 4.79 Å². The third-order valence-electron chi connectivity index (χ3n) is 5.02. The molecule has 0 aliphatic rings. The van der Waals surface area contributed by atoms with Gasteiger partial charge in [0.25, 0.3) is 0 Å². The summed E-state index contributed by atoms with van der Waals surface area (Å²) in [5.74, 6) is 1.61. The topological polar surface area (TPSA) is 47.6 Å². The van der Waals surface area contributed by atoms with E-state index in [9.17, 15) is 4.79 Å². The normalized spacial score (nSPS) is 11.6. The minimum Gasteiger partial charge on any atom is -0.497 e. The Labute approximate surface area is 172 Å². The molecule has 29 heavy (non-hydrogen) atoms. The first kappa shape index (κ1) is 20.5. The van der Waals surface area contributed by atoms with Crippen molar-refractivity contribution in [3.63, 3.8) is 0 Å². The van der Waals surface area contributed by atoms with E-state index in [0.717, 1.165) is 29.2 Å². The Bertz CT molecular complexity index is 916. The number of ether oxygens (including phenoxy) is 2. The predicted octanol–water partition coefficient (Wildman–Crippen LogP) is 5.69. The molecular formula is C25H27NO3. The fourth-order valence-corrected chi connectivity index (χ4v) is 3.21. The van der Waals surface area contributed by atoms with E-state index in [2.05, 4.69) is 36.5 Å². The van der Waals surface area contributed by atoms with Gasteiger partial charge >= 0.3 is 0 Å². The molecule has 0 aromatic heterocycles. The lowest BCUT2D eigenvalue weighted by Crippen LogP contribution is -2.16. The van der Waals surface area contributed by atoms with Crippen LogP contribution in [0.1, 0.15) is 40.9 Å². The van der Waals surface area contributed by atoms with Crippen molar-refractivity contribution in [2.75, 3.05) is 19.5 Å². The van der Waals surface area contributed by atoms with Crippen LogP contribution in [0.25, 0.3) is 0 Å². The van der Waals surface area contributed by atoms with Crippen molar-refractivity contribution >= 4 is 11.5 Å². The van der Waals surface area contributed by atoms with E-state index >= 15 is 0 Å². The van der Waals surface area contributed by atoms with Gasteiger partial charge in [0.05, 0.1) is 20.3 Å². The summed E-state index contributed by atoms with van der Waals surface area (Å²) in [5.41, 5.74) is 3.98. The van der Waals surface area contributed by atoms with Crippen LogP contribution in [0.3, 0.4) is 0 Å². The predicted molar refractivity (Wildman–Crippen MR) is 117 cm³/mol. The summed E-state index contributed by atoms with van der Waals surface area (Å²) in [5, 5.41) is 3.52. The van der Waals surface area contributed by atoms with Gasteiger partial charge in [-0.2, -0.15) is 0 Å². The van der Waals surface area contributed by atoms with Crippen LogP contribution in [-0.4, -0.2) is 20.0 Å². The van der Waals surface area contributed by atoms with E-state index in [0.29, 0.717) is 12.0 Å². The van der Waals surface area contributed by atoms with Crippen LogP contribution in [0.4, 0.5) is 5.69 Å². The third-order valence-corrected chi connectivity index (χ3v) is 5.02. The Morgan fingerprint density at radius 2 is 1.38 bits per heavy atom. The zero-order valence-corrected chi connectivity index (χ0v) is 17.1. The Balaban J connectivity index is 1.82. The molecule has 0 saturated carbocycles. The zero-order valence-electron chi connectivity index (χ0n) is 17.1. The molecule has 0 aliphatic heterocycles. The van der Waals surface area contributed by atoms with Crippen molar-refractivity contribution in [2.45, 2.75) is 25.8 Å². The van der Waals surface area contributed by atoms with Crippen LogP contribution >= 0.6 is 0 Å². The fourth-order valence-electron chi connectivity index (χ4n) is 3.21. The number of aryl methyl sites for hydroxylation is 1. The molecule has 1 atom stereocenters. The molecule has 1 N–H and O–H groups in total. The van der Waals surface area contributed by atoms with Gasteiger partial charge in [0.15, 0.2) is 5.78 Å². The van der Waals surface area contributed by atoms with Gasteiger partial charge < -0.3 is 14.8 Å². The summed E-state index contributed by atoms with van der Waals surface area (Å²) in [4.78, 5) is 12.9. The molecule has 0 saturated heterocycles. The van der Waals surface area contributed by atoms with E-state index in [-0.39, 0.29) is 11.8 Å². The SMILES string of the molecule is CCc1ccc(NC(CC(=O)c2ccc(OC)cc2)c2ccc(OC)cc2)cc1.